The second kappa shape index (κ2) is 8.11. The normalized spacial score (nSPS) is 11.2. The molecular formula is C18H21FN2O3S. The fourth-order valence-electron chi connectivity index (χ4n) is 2.46. The predicted octanol–water partition coefficient (Wildman–Crippen LogP) is 2.26. The highest BCUT2D eigenvalue weighted by Gasteiger charge is 2.17. The topological polar surface area (TPSA) is 66.5 Å². The van der Waals surface area contributed by atoms with E-state index in [9.17, 15) is 17.6 Å². The zero-order chi connectivity index (χ0) is 18.4. The molecule has 2 aromatic carbocycles. The second-order valence-corrected chi connectivity index (χ2v) is 7.74. The van der Waals surface area contributed by atoms with E-state index in [1.165, 1.54) is 16.4 Å². The predicted molar refractivity (Wildman–Crippen MR) is 96.5 cm³/mol. The maximum Gasteiger partial charge on any atom is 0.232 e. The van der Waals surface area contributed by atoms with Crippen molar-refractivity contribution in [1.29, 1.82) is 0 Å². The summed E-state index contributed by atoms with van der Waals surface area (Å²) in [5.41, 5.74) is 2.07. The Bertz CT molecular complexity index is 853. The van der Waals surface area contributed by atoms with Crippen LogP contribution in [0.1, 0.15) is 11.1 Å². The molecule has 134 valence electrons. The number of sulfonamides is 1. The molecular weight excluding hydrogens is 343 g/mol. The van der Waals surface area contributed by atoms with E-state index in [1.54, 1.807) is 30.3 Å². The van der Waals surface area contributed by atoms with Crippen molar-refractivity contribution in [1.82, 2.24) is 5.32 Å². The number of carbonyl (C=O) groups excluding carboxylic acids is 1. The summed E-state index contributed by atoms with van der Waals surface area (Å²) in [4.78, 5) is 11.9. The third-order valence-electron chi connectivity index (χ3n) is 3.58. The maximum atomic E-state index is 13.1. The van der Waals surface area contributed by atoms with Crippen molar-refractivity contribution in [2.75, 3.05) is 23.7 Å². The van der Waals surface area contributed by atoms with E-state index in [2.05, 4.69) is 5.32 Å². The lowest BCUT2D eigenvalue weighted by atomic mass is 10.1. The summed E-state index contributed by atoms with van der Waals surface area (Å²) in [5, 5.41) is 2.67. The average Bonchev–Trinajstić information content (AvgIpc) is 2.50. The van der Waals surface area contributed by atoms with Crippen LogP contribution in [-0.2, 0) is 21.2 Å². The monoisotopic (exact) mass is 364 g/mol. The molecule has 1 amide bonds. The van der Waals surface area contributed by atoms with Crippen molar-refractivity contribution < 1.29 is 17.6 Å². The Labute approximate surface area is 147 Å². The largest absolute Gasteiger partial charge is 0.354 e. The van der Waals surface area contributed by atoms with Crippen LogP contribution in [0.2, 0.25) is 0 Å². The molecule has 0 saturated heterocycles. The summed E-state index contributed by atoms with van der Waals surface area (Å²) >= 11 is 0. The molecule has 0 aliphatic carbocycles. The molecule has 0 atom stereocenters. The number of amides is 1. The van der Waals surface area contributed by atoms with Gasteiger partial charge in [0.2, 0.25) is 15.9 Å². The highest BCUT2D eigenvalue weighted by molar-refractivity contribution is 7.92. The number of halogens is 1. The van der Waals surface area contributed by atoms with Gasteiger partial charge in [-0.3, -0.25) is 9.10 Å². The number of benzene rings is 2. The number of carbonyl (C=O) groups is 1. The molecule has 0 fully saturated rings. The van der Waals surface area contributed by atoms with Gasteiger partial charge in [0.05, 0.1) is 24.9 Å². The summed E-state index contributed by atoms with van der Waals surface area (Å²) in [6.07, 6.45) is 1.17. The van der Waals surface area contributed by atoms with Crippen LogP contribution in [0.15, 0.2) is 48.5 Å². The third kappa shape index (κ3) is 5.86. The molecule has 0 aromatic heterocycles. The first-order chi connectivity index (χ1) is 11.8. The standard InChI is InChI=1S/C18H21FN2O3S/c1-14-5-3-8-17(11-14)21(25(2,23)24)10-9-20-18(22)13-15-6-4-7-16(19)12-15/h3-8,11-12H,9-10,13H2,1-2H3,(H,20,22). The minimum absolute atomic E-state index is 0.0427. The van der Waals surface area contributed by atoms with E-state index >= 15 is 0 Å². The van der Waals surface area contributed by atoms with Gasteiger partial charge in [0.15, 0.2) is 0 Å². The first-order valence-corrected chi connectivity index (χ1v) is 9.66. The van der Waals surface area contributed by atoms with Gasteiger partial charge in [-0.2, -0.15) is 0 Å². The Morgan fingerprint density at radius 2 is 1.88 bits per heavy atom. The smallest absolute Gasteiger partial charge is 0.232 e. The molecule has 0 spiro atoms. The summed E-state index contributed by atoms with van der Waals surface area (Å²) < 4.78 is 38.4. The van der Waals surface area contributed by atoms with Gasteiger partial charge >= 0.3 is 0 Å². The van der Waals surface area contributed by atoms with Crippen LogP contribution in [0.3, 0.4) is 0 Å². The quantitative estimate of drug-likeness (QED) is 0.819. The Hall–Kier alpha value is -2.41. The van der Waals surface area contributed by atoms with Gasteiger partial charge in [0.1, 0.15) is 5.82 Å². The van der Waals surface area contributed by atoms with Crippen molar-refractivity contribution >= 4 is 21.6 Å². The first-order valence-electron chi connectivity index (χ1n) is 7.81. The number of rotatable bonds is 7. The van der Waals surface area contributed by atoms with Crippen LogP contribution in [0.5, 0.6) is 0 Å². The summed E-state index contributed by atoms with van der Waals surface area (Å²) in [6, 6.07) is 13.0. The molecule has 25 heavy (non-hydrogen) atoms. The van der Waals surface area contributed by atoms with E-state index < -0.39 is 15.8 Å². The SMILES string of the molecule is Cc1cccc(N(CCNC(=O)Cc2cccc(F)c2)S(C)(=O)=O)c1. The number of hydrogen-bond acceptors (Lipinski definition) is 3. The number of hydrogen-bond donors (Lipinski definition) is 1. The Kier molecular flexibility index (Phi) is 6.14. The van der Waals surface area contributed by atoms with Crippen LogP contribution >= 0.6 is 0 Å². The van der Waals surface area contributed by atoms with Gasteiger partial charge in [0.25, 0.3) is 0 Å². The summed E-state index contributed by atoms with van der Waals surface area (Å²) in [5.74, 6) is -0.684. The van der Waals surface area contributed by atoms with Crippen LogP contribution < -0.4 is 9.62 Å². The molecule has 0 bridgehead atoms. The third-order valence-corrected chi connectivity index (χ3v) is 4.77. The summed E-state index contributed by atoms with van der Waals surface area (Å²) in [6.45, 7) is 2.16. The molecule has 0 saturated carbocycles. The second-order valence-electron chi connectivity index (χ2n) is 5.83. The van der Waals surface area contributed by atoms with Crippen molar-refractivity contribution in [2.45, 2.75) is 13.3 Å². The van der Waals surface area contributed by atoms with Crippen LogP contribution in [0, 0.1) is 12.7 Å². The maximum absolute atomic E-state index is 13.1. The number of nitrogens with one attached hydrogen (secondary N) is 1. The van der Waals surface area contributed by atoms with Crippen molar-refractivity contribution in [2.24, 2.45) is 0 Å². The van der Waals surface area contributed by atoms with Gasteiger partial charge in [-0.25, -0.2) is 12.8 Å². The Balaban J connectivity index is 1.96. The Morgan fingerprint density at radius 1 is 1.16 bits per heavy atom. The molecule has 0 aliphatic heterocycles. The molecule has 7 heteroatoms. The van der Waals surface area contributed by atoms with Crippen LogP contribution in [0.4, 0.5) is 10.1 Å². The van der Waals surface area contributed by atoms with E-state index in [4.69, 9.17) is 0 Å². The number of anilines is 1. The fraction of sp³-hybridized carbons (Fsp3) is 0.278. The number of nitrogens with zero attached hydrogens (tertiary/aromatic N) is 1. The Morgan fingerprint density at radius 3 is 2.52 bits per heavy atom. The fourth-order valence-corrected chi connectivity index (χ4v) is 3.38. The molecule has 0 heterocycles. The minimum Gasteiger partial charge on any atom is -0.354 e. The molecule has 2 aromatic rings. The first kappa shape index (κ1) is 18.9. The van der Waals surface area contributed by atoms with Gasteiger partial charge < -0.3 is 5.32 Å². The van der Waals surface area contributed by atoms with E-state index in [0.29, 0.717) is 11.3 Å². The number of aryl methyl sites for hydroxylation is 1. The van der Waals surface area contributed by atoms with Crippen LogP contribution in [-0.4, -0.2) is 33.7 Å². The lowest BCUT2D eigenvalue weighted by Gasteiger charge is -2.23. The minimum atomic E-state index is -3.46. The van der Waals surface area contributed by atoms with Crippen molar-refractivity contribution in [3.63, 3.8) is 0 Å². The van der Waals surface area contributed by atoms with Crippen LogP contribution in [0.25, 0.3) is 0 Å². The highest BCUT2D eigenvalue weighted by atomic mass is 32.2. The van der Waals surface area contributed by atoms with E-state index in [1.807, 2.05) is 13.0 Å². The molecule has 5 nitrogen and oxygen atoms in total. The molecule has 0 aliphatic rings. The highest BCUT2D eigenvalue weighted by Crippen LogP contribution is 2.18. The van der Waals surface area contributed by atoms with Gasteiger partial charge in [0, 0.05) is 6.54 Å². The molecule has 2 rings (SSSR count). The lowest BCUT2D eigenvalue weighted by molar-refractivity contribution is -0.120. The summed E-state index contributed by atoms with van der Waals surface area (Å²) in [7, 11) is -3.46. The average molecular weight is 364 g/mol. The van der Waals surface area contributed by atoms with E-state index in [-0.39, 0.29) is 25.4 Å². The zero-order valence-corrected chi connectivity index (χ0v) is 15.0. The van der Waals surface area contributed by atoms with Gasteiger partial charge in [-0.1, -0.05) is 24.3 Å². The zero-order valence-electron chi connectivity index (χ0n) is 14.2. The van der Waals surface area contributed by atoms with Gasteiger partial charge in [-0.05, 0) is 42.3 Å². The van der Waals surface area contributed by atoms with E-state index in [0.717, 1.165) is 11.8 Å². The molecule has 0 radical (unpaired) electrons. The lowest BCUT2D eigenvalue weighted by Crippen LogP contribution is -2.38. The van der Waals surface area contributed by atoms with Gasteiger partial charge in [-0.15, -0.1) is 0 Å². The van der Waals surface area contributed by atoms with Crippen molar-refractivity contribution in [3.8, 4) is 0 Å². The molecule has 1 N–H and O–H groups in total. The van der Waals surface area contributed by atoms with Crippen molar-refractivity contribution in [3.05, 3.63) is 65.5 Å². The molecule has 0 unspecified atom stereocenters.